The highest BCUT2D eigenvalue weighted by atomic mass is 14.6. The van der Waals surface area contributed by atoms with Gasteiger partial charge in [0.1, 0.15) is 0 Å². The zero-order chi connectivity index (χ0) is 15.8. The van der Waals surface area contributed by atoms with Crippen molar-refractivity contribution >= 4 is 22.1 Å². The van der Waals surface area contributed by atoms with E-state index < -0.39 is 0 Å². The Morgan fingerprint density at radius 1 is 0.818 bits per heavy atom. The molecule has 0 saturated heterocycles. The molecule has 0 saturated carbocycles. The SMILES string of the molecule is CCCCCCCCCCc1c(N)cc2ccccc2c1N. The lowest BCUT2D eigenvalue weighted by molar-refractivity contribution is 0.576. The number of fused-ring (bicyclic) bond motifs is 1. The Kier molecular flexibility index (Phi) is 6.57. The van der Waals surface area contributed by atoms with Crippen molar-refractivity contribution in [3.05, 3.63) is 35.9 Å². The summed E-state index contributed by atoms with van der Waals surface area (Å²) in [5.74, 6) is 0. The van der Waals surface area contributed by atoms with Crippen molar-refractivity contribution in [3.8, 4) is 0 Å². The summed E-state index contributed by atoms with van der Waals surface area (Å²) in [6.07, 6.45) is 11.6. The Morgan fingerprint density at radius 3 is 2.18 bits per heavy atom. The minimum Gasteiger partial charge on any atom is -0.398 e. The molecule has 2 nitrogen and oxygen atoms in total. The second-order valence-corrected chi connectivity index (χ2v) is 6.30. The van der Waals surface area contributed by atoms with Crippen LogP contribution in [-0.2, 0) is 6.42 Å². The maximum absolute atomic E-state index is 6.34. The van der Waals surface area contributed by atoms with Gasteiger partial charge in [-0.25, -0.2) is 0 Å². The molecular weight excluding hydrogens is 268 g/mol. The first-order valence-electron chi connectivity index (χ1n) is 8.79. The van der Waals surface area contributed by atoms with E-state index in [-0.39, 0.29) is 0 Å². The molecule has 0 aliphatic heterocycles. The summed E-state index contributed by atoms with van der Waals surface area (Å²) in [6.45, 7) is 2.26. The average Bonchev–Trinajstić information content (AvgIpc) is 2.52. The van der Waals surface area contributed by atoms with Gasteiger partial charge in [0.2, 0.25) is 0 Å². The number of unbranched alkanes of at least 4 members (excludes halogenated alkanes) is 7. The van der Waals surface area contributed by atoms with Crippen molar-refractivity contribution in [2.45, 2.75) is 64.7 Å². The van der Waals surface area contributed by atoms with Crippen LogP contribution in [0.1, 0.15) is 63.9 Å². The van der Waals surface area contributed by atoms with Gasteiger partial charge >= 0.3 is 0 Å². The minimum atomic E-state index is 0.846. The average molecular weight is 298 g/mol. The monoisotopic (exact) mass is 298 g/mol. The van der Waals surface area contributed by atoms with E-state index in [1.807, 2.05) is 12.1 Å². The maximum atomic E-state index is 6.34. The highest BCUT2D eigenvalue weighted by molar-refractivity contribution is 5.97. The van der Waals surface area contributed by atoms with Crippen molar-refractivity contribution in [3.63, 3.8) is 0 Å². The number of hydrogen-bond acceptors (Lipinski definition) is 2. The zero-order valence-electron chi connectivity index (χ0n) is 13.9. The first kappa shape index (κ1) is 16.7. The van der Waals surface area contributed by atoms with E-state index >= 15 is 0 Å². The Bertz CT molecular complexity index is 590. The molecule has 0 aromatic heterocycles. The molecule has 2 aromatic carbocycles. The quantitative estimate of drug-likeness (QED) is 0.461. The fourth-order valence-corrected chi connectivity index (χ4v) is 3.16. The third-order valence-electron chi connectivity index (χ3n) is 4.52. The molecule has 4 N–H and O–H groups in total. The van der Waals surface area contributed by atoms with Crippen molar-refractivity contribution < 1.29 is 0 Å². The van der Waals surface area contributed by atoms with Crippen LogP contribution in [0.4, 0.5) is 11.4 Å². The van der Waals surface area contributed by atoms with Gasteiger partial charge in [-0.3, -0.25) is 0 Å². The summed E-state index contributed by atoms with van der Waals surface area (Å²) in [7, 11) is 0. The van der Waals surface area contributed by atoms with Crippen LogP contribution in [-0.4, -0.2) is 0 Å². The Hall–Kier alpha value is -1.70. The van der Waals surface area contributed by atoms with Gasteiger partial charge in [-0.15, -0.1) is 0 Å². The van der Waals surface area contributed by atoms with Gasteiger partial charge in [0.05, 0.1) is 0 Å². The lowest BCUT2D eigenvalue weighted by atomic mass is 9.97. The lowest BCUT2D eigenvalue weighted by Gasteiger charge is -2.12. The molecule has 0 atom stereocenters. The third-order valence-corrected chi connectivity index (χ3v) is 4.52. The molecule has 22 heavy (non-hydrogen) atoms. The molecule has 2 aromatic rings. The maximum Gasteiger partial charge on any atom is 0.0446 e. The van der Waals surface area contributed by atoms with Crippen LogP contribution in [0.15, 0.2) is 30.3 Å². The number of nitrogens with two attached hydrogens (primary N) is 2. The van der Waals surface area contributed by atoms with E-state index in [0.29, 0.717) is 0 Å². The highest BCUT2D eigenvalue weighted by Gasteiger charge is 2.08. The normalized spacial score (nSPS) is 11.1. The molecule has 0 aliphatic carbocycles. The first-order chi connectivity index (χ1) is 10.7. The topological polar surface area (TPSA) is 52.0 Å². The molecule has 2 heteroatoms. The van der Waals surface area contributed by atoms with Crippen LogP contribution >= 0.6 is 0 Å². The number of benzene rings is 2. The summed E-state index contributed by atoms with van der Waals surface area (Å²) in [4.78, 5) is 0. The third kappa shape index (κ3) is 4.40. The van der Waals surface area contributed by atoms with Crippen LogP contribution in [0.25, 0.3) is 10.8 Å². The van der Waals surface area contributed by atoms with Gasteiger partial charge in [0, 0.05) is 16.8 Å². The van der Waals surface area contributed by atoms with Gasteiger partial charge in [-0.1, -0.05) is 76.1 Å². The smallest absolute Gasteiger partial charge is 0.0446 e. The fraction of sp³-hybridized carbons (Fsp3) is 0.500. The number of anilines is 2. The minimum absolute atomic E-state index is 0.846. The molecule has 0 amide bonds. The summed E-state index contributed by atoms with van der Waals surface area (Å²) in [5.41, 5.74) is 15.4. The summed E-state index contributed by atoms with van der Waals surface area (Å²) < 4.78 is 0. The largest absolute Gasteiger partial charge is 0.398 e. The van der Waals surface area contributed by atoms with Gasteiger partial charge in [0.25, 0.3) is 0 Å². The van der Waals surface area contributed by atoms with E-state index in [2.05, 4.69) is 25.1 Å². The van der Waals surface area contributed by atoms with Crippen LogP contribution in [0.2, 0.25) is 0 Å². The molecule has 0 heterocycles. The molecule has 0 unspecified atom stereocenters. The van der Waals surface area contributed by atoms with Crippen molar-refractivity contribution in [2.24, 2.45) is 0 Å². The summed E-state index contributed by atoms with van der Waals surface area (Å²) in [6, 6.07) is 10.3. The molecular formula is C20H30N2. The fourth-order valence-electron chi connectivity index (χ4n) is 3.16. The van der Waals surface area contributed by atoms with Crippen molar-refractivity contribution in [1.82, 2.24) is 0 Å². The zero-order valence-corrected chi connectivity index (χ0v) is 13.9. The molecule has 0 aliphatic rings. The van der Waals surface area contributed by atoms with Gasteiger partial charge in [-0.05, 0) is 29.9 Å². The van der Waals surface area contributed by atoms with Gasteiger partial charge in [0.15, 0.2) is 0 Å². The number of rotatable bonds is 9. The van der Waals surface area contributed by atoms with E-state index in [4.69, 9.17) is 11.5 Å². The van der Waals surface area contributed by atoms with E-state index in [9.17, 15) is 0 Å². The Balaban J connectivity index is 1.84. The van der Waals surface area contributed by atoms with Gasteiger partial charge in [-0.2, -0.15) is 0 Å². The molecule has 0 fully saturated rings. The molecule has 0 bridgehead atoms. The number of hydrogen-bond donors (Lipinski definition) is 2. The van der Waals surface area contributed by atoms with Crippen LogP contribution in [0.5, 0.6) is 0 Å². The summed E-state index contributed by atoms with van der Waals surface area (Å²) >= 11 is 0. The second kappa shape index (κ2) is 8.67. The second-order valence-electron chi connectivity index (χ2n) is 6.30. The van der Waals surface area contributed by atoms with E-state index in [0.717, 1.165) is 34.1 Å². The predicted molar refractivity (Wildman–Crippen MR) is 99.1 cm³/mol. The standard InChI is InChI=1S/C20H30N2/c1-2-3-4-5-6-7-8-9-14-18-19(21)15-16-12-10-11-13-17(16)20(18)22/h10-13,15H,2-9,14,21-22H2,1H3. The van der Waals surface area contributed by atoms with E-state index in [1.165, 1.54) is 51.4 Å². The predicted octanol–water partition coefficient (Wildman–Crippen LogP) is 5.69. The van der Waals surface area contributed by atoms with Crippen LogP contribution in [0, 0.1) is 0 Å². The first-order valence-corrected chi connectivity index (χ1v) is 8.79. The Morgan fingerprint density at radius 2 is 1.45 bits per heavy atom. The molecule has 2 rings (SSSR count). The summed E-state index contributed by atoms with van der Waals surface area (Å²) in [5, 5.41) is 2.27. The van der Waals surface area contributed by atoms with Crippen LogP contribution in [0.3, 0.4) is 0 Å². The van der Waals surface area contributed by atoms with Crippen LogP contribution < -0.4 is 11.5 Å². The van der Waals surface area contributed by atoms with E-state index in [1.54, 1.807) is 0 Å². The van der Waals surface area contributed by atoms with Crippen molar-refractivity contribution in [2.75, 3.05) is 11.5 Å². The Labute approximate surface area is 134 Å². The molecule has 0 spiro atoms. The lowest BCUT2D eigenvalue weighted by Crippen LogP contribution is -2.01. The van der Waals surface area contributed by atoms with Crippen molar-refractivity contribution in [1.29, 1.82) is 0 Å². The molecule has 0 radical (unpaired) electrons. The highest BCUT2D eigenvalue weighted by Crippen LogP contribution is 2.31. The van der Waals surface area contributed by atoms with Gasteiger partial charge < -0.3 is 11.5 Å². The number of nitrogen functional groups attached to an aromatic ring is 2. The molecule has 120 valence electrons.